The van der Waals surface area contributed by atoms with Gasteiger partial charge in [-0.15, -0.1) is 0 Å². The first kappa shape index (κ1) is 15.9. The Labute approximate surface area is 134 Å². The summed E-state index contributed by atoms with van der Waals surface area (Å²) in [5.41, 5.74) is 2.39. The van der Waals surface area contributed by atoms with Crippen LogP contribution < -0.4 is 10.1 Å². The summed E-state index contributed by atoms with van der Waals surface area (Å²) < 4.78 is 6.47. The summed E-state index contributed by atoms with van der Waals surface area (Å²) in [4.78, 5) is 0. The highest BCUT2D eigenvalue weighted by Gasteiger charge is 2.29. The molecule has 0 saturated carbocycles. The Kier molecular flexibility index (Phi) is 4.91. The van der Waals surface area contributed by atoms with E-state index < -0.39 is 5.54 Å². The third-order valence-electron chi connectivity index (χ3n) is 3.53. The van der Waals surface area contributed by atoms with Crippen LogP contribution in [0.5, 0.6) is 5.75 Å². The van der Waals surface area contributed by atoms with Crippen molar-refractivity contribution in [2.24, 2.45) is 0 Å². The molecule has 2 rings (SSSR count). The number of hydrogen-bond donors (Lipinski definition) is 2. The lowest BCUT2D eigenvalue weighted by atomic mass is 9.90. The fourth-order valence-electron chi connectivity index (χ4n) is 2.30. The molecule has 0 heterocycles. The summed E-state index contributed by atoms with van der Waals surface area (Å²) in [5.74, 6) is 0.766. The van der Waals surface area contributed by atoms with E-state index in [1.54, 1.807) is 7.11 Å². The van der Waals surface area contributed by atoms with Gasteiger partial charge in [0.05, 0.1) is 19.3 Å². The van der Waals surface area contributed by atoms with E-state index in [1.165, 1.54) is 0 Å². The Balaban J connectivity index is 2.40. The highest BCUT2D eigenvalue weighted by Crippen LogP contribution is 2.33. The molecule has 0 aliphatic carbocycles. The molecule has 0 fully saturated rings. The Morgan fingerprint density at radius 1 is 1.19 bits per heavy atom. The highest BCUT2D eigenvalue weighted by atomic mass is 79.9. The first-order valence-electron chi connectivity index (χ1n) is 6.78. The minimum absolute atomic E-state index is 0.0388. The molecule has 0 aliphatic heterocycles. The molecule has 2 aromatic rings. The molecule has 0 bridgehead atoms. The largest absolute Gasteiger partial charge is 0.496 e. The van der Waals surface area contributed by atoms with Gasteiger partial charge in [-0.3, -0.25) is 0 Å². The second kappa shape index (κ2) is 6.50. The van der Waals surface area contributed by atoms with Crippen molar-refractivity contribution in [2.45, 2.75) is 19.4 Å². The van der Waals surface area contributed by atoms with Crippen LogP contribution in [0.3, 0.4) is 0 Å². The summed E-state index contributed by atoms with van der Waals surface area (Å²) in [5, 5.41) is 13.3. The van der Waals surface area contributed by atoms with Gasteiger partial charge in [-0.05, 0) is 50.2 Å². The number of methoxy groups -OCH3 is 1. The number of halogens is 1. The molecule has 0 amide bonds. The molecule has 2 N–H and O–H groups in total. The summed E-state index contributed by atoms with van der Waals surface area (Å²) in [6.45, 7) is 3.95. The number of hydrogen-bond acceptors (Lipinski definition) is 3. The zero-order valence-electron chi connectivity index (χ0n) is 12.5. The quantitative estimate of drug-likeness (QED) is 0.854. The molecule has 112 valence electrons. The van der Waals surface area contributed by atoms with Gasteiger partial charge in [0, 0.05) is 15.7 Å². The summed E-state index contributed by atoms with van der Waals surface area (Å²) in [6, 6.07) is 13.9. The molecule has 3 nitrogen and oxygen atoms in total. The molecule has 1 atom stereocenters. The molecule has 0 aromatic heterocycles. The molecule has 0 radical (unpaired) electrons. The van der Waals surface area contributed by atoms with Crippen LogP contribution in [0.1, 0.15) is 18.1 Å². The summed E-state index contributed by atoms with van der Waals surface area (Å²) >= 11 is 3.42. The monoisotopic (exact) mass is 349 g/mol. The van der Waals surface area contributed by atoms with Crippen molar-refractivity contribution in [3.8, 4) is 5.75 Å². The van der Waals surface area contributed by atoms with Crippen molar-refractivity contribution < 1.29 is 9.84 Å². The molecule has 0 aliphatic rings. The van der Waals surface area contributed by atoms with Gasteiger partial charge >= 0.3 is 0 Å². The van der Waals surface area contributed by atoms with Crippen molar-refractivity contribution in [3.05, 3.63) is 58.1 Å². The number of ether oxygens (including phenoxy) is 1. The topological polar surface area (TPSA) is 41.5 Å². The van der Waals surface area contributed by atoms with Crippen molar-refractivity contribution in [1.29, 1.82) is 0 Å². The van der Waals surface area contributed by atoms with E-state index in [0.717, 1.165) is 27.0 Å². The van der Waals surface area contributed by atoms with E-state index in [2.05, 4.69) is 21.2 Å². The van der Waals surface area contributed by atoms with Gasteiger partial charge in [0.1, 0.15) is 5.75 Å². The van der Waals surface area contributed by atoms with Gasteiger partial charge in [0.2, 0.25) is 0 Å². The lowest BCUT2D eigenvalue weighted by Gasteiger charge is -2.32. The SMILES string of the molecule is COc1ccc(C)cc1C(C)(CO)Nc1ccc(Br)cc1. The van der Waals surface area contributed by atoms with Crippen molar-refractivity contribution in [1.82, 2.24) is 0 Å². The zero-order valence-corrected chi connectivity index (χ0v) is 14.1. The molecule has 0 saturated heterocycles. The fraction of sp³-hybridized carbons (Fsp3) is 0.294. The van der Waals surface area contributed by atoms with Gasteiger partial charge in [0.25, 0.3) is 0 Å². The maximum Gasteiger partial charge on any atom is 0.124 e. The van der Waals surface area contributed by atoms with Gasteiger partial charge in [-0.25, -0.2) is 0 Å². The van der Waals surface area contributed by atoms with Crippen LogP contribution >= 0.6 is 15.9 Å². The molecule has 21 heavy (non-hydrogen) atoms. The van der Waals surface area contributed by atoms with Gasteiger partial charge in [-0.1, -0.05) is 27.6 Å². The number of nitrogens with one attached hydrogen (secondary N) is 1. The number of aliphatic hydroxyl groups is 1. The van der Waals surface area contributed by atoms with Crippen LogP contribution in [0.2, 0.25) is 0 Å². The Morgan fingerprint density at radius 3 is 2.43 bits per heavy atom. The Morgan fingerprint density at radius 2 is 1.86 bits per heavy atom. The lowest BCUT2D eigenvalue weighted by Crippen LogP contribution is -2.36. The predicted octanol–water partition coefficient (Wildman–Crippen LogP) is 4.09. The predicted molar refractivity (Wildman–Crippen MR) is 89.9 cm³/mol. The average Bonchev–Trinajstić information content (AvgIpc) is 2.49. The van der Waals surface area contributed by atoms with E-state index in [0.29, 0.717) is 0 Å². The molecule has 1 unspecified atom stereocenters. The standard InChI is InChI=1S/C17H20BrNO2/c1-12-4-9-16(21-3)15(10-12)17(2,11-20)19-14-7-5-13(18)6-8-14/h4-10,19-20H,11H2,1-3H3. The summed E-state index contributed by atoms with van der Waals surface area (Å²) in [7, 11) is 1.64. The van der Waals surface area contributed by atoms with Crippen LogP contribution in [0.15, 0.2) is 46.9 Å². The maximum atomic E-state index is 9.94. The van der Waals surface area contributed by atoms with Crippen LogP contribution in [0.4, 0.5) is 5.69 Å². The van der Waals surface area contributed by atoms with Gasteiger partial charge < -0.3 is 15.2 Å². The second-order valence-electron chi connectivity index (χ2n) is 5.33. The van der Waals surface area contributed by atoms with Crippen LogP contribution in [-0.2, 0) is 5.54 Å². The number of anilines is 1. The van der Waals surface area contributed by atoms with Crippen molar-refractivity contribution in [3.63, 3.8) is 0 Å². The van der Waals surface area contributed by atoms with E-state index in [-0.39, 0.29) is 6.61 Å². The minimum atomic E-state index is -0.620. The Bertz CT molecular complexity index is 613. The third kappa shape index (κ3) is 3.57. The van der Waals surface area contributed by atoms with Crippen LogP contribution in [0, 0.1) is 6.92 Å². The minimum Gasteiger partial charge on any atom is -0.496 e. The number of aryl methyl sites for hydroxylation is 1. The first-order valence-corrected chi connectivity index (χ1v) is 7.57. The average molecular weight is 350 g/mol. The first-order chi connectivity index (χ1) is 9.98. The summed E-state index contributed by atoms with van der Waals surface area (Å²) in [6.07, 6.45) is 0. The molecular formula is C17H20BrNO2. The fourth-order valence-corrected chi connectivity index (χ4v) is 2.56. The van der Waals surface area contributed by atoms with E-state index in [9.17, 15) is 5.11 Å². The normalized spacial score (nSPS) is 13.6. The van der Waals surface area contributed by atoms with Gasteiger partial charge in [-0.2, -0.15) is 0 Å². The van der Waals surface area contributed by atoms with Crippen LogP contribution in [0.25, 0.3) is 0 Å². The smallest absolute Gasteiger partial charge is 0.124 e. The molecule has 0 spiro atoms. The number of benzene rings is 2. The molecule has 2 aromatic carbocycles. The van der Waals surface area contributed by atoms with Crippen molar-refractivity contribution in [2.75, 3.05) is 19.0 Å². The van der Waals surface area contributed by atoms with Crippen molar-refractivity contribution >= 4 is 21.6 Å². The van der Waals surface area contributed by atoms with E-state index >= 15 is 0 Å². The third-order valence-corrected chi connectivity index (χ3v) is 4.06. The Hall–Kier alpha value is -1.52. The number of rotatable bonds is 5. The molecule has 4 heteroatoms. The van der Waals surface area contributed by atoms with E-state index in [1.807, 2.05) is 56.3 Å². The highest BCUT2D eigenvalue weighted by molar-refractivity contribution is 9.10. The second-order valence-corrected chi connectivity index (χ2v) is 6.24. The maximum absolute atomic E-state index is 9.94. The van der Waals surface area contributed by atoms with Crippen LogP contribution in [-0.4, -0.2) is 18.8 Å². The van der Waals surface area contributed by atoms with Gasteiger partial charge in [0.15, 0.2) is 0 Å². The number of aliphatic hydroxyl groups excluding tert-OH is 1. The zero-order chi connectivity index (χ0) is 15.5. The van der Waals surface area contributed by atoms with E-state index in [4.69, 9.17) is 4.74 Å². The lowest BCUT2D eigenvalue weighted by molar-refractivity contribution is 0.220. The molecular weight excluding hydrogens is 330 g/mol.